The van der Waals surface area contributed by atoms with Gasteiger partial charge in [-0.1, -0.05) is 11.8 Å². The smallest absolute Gasteiger partial charge is 0.159 e. The molecule has 2 rings (SSSR count). The molecule has 0 radical (unpaired) electrons. The first kappa shape index (κ1) is 12.1. The van der Waals surface area contributed by atoms with E-state index in [0.717, 1.165) is 0 Å². The number of fused-ring (bicyclic) bond motifs is 1. The second-order valence-electron chi connectivity index (χ2n) is 3.77. The van der Waals surface area contributed by atoms with Crippen LogP contribution >= 0.6 is 11.8 Å². The van der Waals surface area contributed by atoms with Gasteiger partial charge in [-0.05, 0) is 6.92 Å². The van der Waals surface area contributed by atoms with Crippen molar-refractivity contribution in [3.05, 3.63) is 0 Å². The SMILES string of the molecule is CCN=C1N[C@@H]2C(O)C(O)[C@@H](CO)O[C@@H]2S1. The van der Waals surface area contributed by atoms with Crippen LogP contribution in [-0.2, 0) is 4.74 Å². The van der Waals surface area contributed by atoms with Crippen LogP contribution < -0.4 is 5.32 Å². The number of nitrogens with one attached hydrogen (secondary N) is 1. The Hall–Kier alpha value is -0.340. The summed E-state index contributed by atoms with van der Waals surface area (Å²) >= 11 is 1.38. The summed E-state index contributed by atoms with van der Waals surface area (Å²) in [5.41, 5.74) is -0.305. The zero-order chi connectivity index (χ0) is 11.7. The molecule has 6 nitrogen and oxygen atoms in total. The first-order chi connectivity index (χ1) is 7.67. The summed E-state index contributed by atoms with van der Waals surface area (Å²) in [6.07, 6.45) is -2.75. The monoisotopic (exact) mass is 248 g/mol. The molecule has 4 N–H and O–H groups in total. The molecule has 0 aromatic rings. The molecule has 5 atom stereocenters. The van der Waals surface area contributed by atoms with Gasteiger partial charge < -0.3 is 25.4 Å². The van der Waals surface area contributed by atoms with Crippen molar-refractivity contribution < 1.29 is 20.1 Å². The van der Waals surface area contributed by atoms with Crippen molar-refractivity contribution in [3.8, 4) is 0 Å². The van der Waals surface area contributed by atoms with Gasteiger partial charge in [0.1, 0.15) is 23.7 Å². The van der Waals surface area contributed by atoms with Crippen LogP contribution in [0.1, 0.15) is 6.92 Å². The van der Waals surface area contributed by atoms with E-state index in [1.807, 2.05) is 6.92 Å². The van der Waals surface area contributed by atoms with Gasteiger partial charge in [0.25, 0.3) is 0 Å². The fraction of sp³-hybridized carbons (Fsp3) is 0.889. The van der Waals surface area contributed by atoms with Gasteiger partial charge in [0.2, 0.25) is 0 Å². The Morgan fingerprint density at radius 2 is 2.19 bits per heavy atom. The van der Waals surface area contributed by atoms with E-state index in [1.54, 1.807) is 0 Å². The summed E-state index contributed by atoms with van der Waals surface area (Å²) in [6, 6.07) is -0.368. The molecule has 2 aliphatic rings. The minimum atomic E-state index is -1.07. The number of nitrogens with zero attached hydrogens (tertiary/aromatic N) is 1. The van der Waals surface area contributed by atoms with Gasteiger partial charge in [-0.3, -0.25) is 4.99 Å². The number of ether oxygens (including phenoxy) is 1. The lowest BCUT2D eigenvalue weighted by Gasteiger charge is -2.38. The van der Waals surface area contributed by atoms with E-state index in [0.29, 0.717) is 11.7 Å². The molecule has 0 aromatic heterocycles. The van der Waals surface area contributed by atoms with Crippen molar-refractivity contribution in [1.82, 2.24) is 5.32 Å². The van der Waals surface area contributed by atoms with Crippen LogP contribution in [-0.4, -0.2) is 63.4 Å². The number of aliphatic hydroxyl groups is 3. The molecule has 2 unspecified atom stereocenters. The Bertz CT molecular complexity index is 289. The third-order valence-corrected chi connectivity index (χ3v) is 3.81. The molecule has 0 saturated carbocycles. The largest absolute Gasteiger partial charge is 0.394 e. The highest BCUT2D eigenvalue weighted by atomic mass is 32.2. The first-order valence-corrected chi connectivity index (χ1v) is 6.15. The van der Waals surface area contributed by atoms with Crippen molar-refractivity contribution >= 4 is 16.9 Å². The Kier molecular flexibility index (Phi) is 3.70. The van der Waals surface area contributed by atoms with E-state index in [4.69, 9.17) is 9.84 Å². The fourth-order valence-corrected chi connectivity index (χ4v) is 3.05. The lowest BCUT2D eigenvalue weighted by atomic mass is 9.98. The summed E-state index contributed by atoms with van der Waals surface area (Å²) in [6.45, 7) is 2.26. The van der Waals surface area contributed by atoms with E-state index in [9.17, 15) is 10.2 Å². The first-order valence-electron chi connectivity index (χ1n) is 5.27. The average Bonchev–Trinajstić information content (AvgIpc) is 2.67. The van der Waals surface area contributed by atoms with E-state index < -0.39 is 18.3 Å². The molecule has 0 spiro atoms. The highest BCUT2D eigenvalue weighted by Crippen LogP contribution is 2.33. The topological polar surface area (TPSA) is 94.3 Å². The number of amidine groups is 1. The third-order valence-electron chi connectivity index (χ3n) is 2.70. The maximum atomic E-state index is 9.86. The number of rotatable bonds is 2. The predicted molar refractivity (Wildman–Crippen MR) is 60.3 cm³/mol. The number of aliphatic imine (C=N–C) groups is 1. The van der Waals surface area contributed by atoms with Crippen LogP contribution in [0.5, 0.6) is 0 Å². The van der Waals surface area contributed by atoms with Gasteiger partial charge >= 0.3 is 0 Å². The Labute approximate surface area is 97.7 Å². The molecule has 0 amide bonds. The lowest BCUT2D eigenvalue weighted by molar-refractivity contribution is -0.167. The number of aliphatic hydroxyl groups excluding tert-OH is 3. The lowest BCUT2D eigenvalue weighted by Crippen LogP contribution is -2.59. The average molecular weight is 248 g/mol. The van der Waals surface area contributed by atoms with Crippen LogP contribution in [0.25, 0.3) is 0 Å². The van der Waals surface area contributed by atoms with Gasteiger partial charge in [-0.25, -0.2) is 0 Å². The molecule has 16 heavy (non-hydrogen) atoms. The second kappa shape index (κ2) is 4.89. The Morgan fingerprint density at radius 3 is 2.81 bits per heavy atom. The number of hydrogen-bond acceptors (Lipinski definition) is 6. The van der Waals surface area contributed by atoms with Crippen molar-refractivity contribution in [3.63, 3.8) is 0 Å². The van der Waals surface area contributed by atoms with Gasteiger partial charge in [-0.15, -0.1) is 0 Å². The zero-order valence-electron chi connectivity index (χ0n) is 8.91. The minimum absolute atomic E-state index is 0.303. The molecule has 0 aliphatic carbocycles. The molecule has 2 heterocycles. The molecule has 0 bridgehead atoms. The summed E-state index contributed by atoms with van der Waals surface area (Å²) in [4.78, 5) is 4.19. The second-order valence-corrected chi connectivity index (χ2v) is 4.86. The van der Waals surface area contributed by atoms with Gasteiger partial charge in [0.05, 0.1) is 12.6 Å². The van der Waals surface area contributed by atoms with E-state index in [-0.39, 0.29) is 18.1 Å². The Morgan fingerprint density at radius 1 is 1.44 bits per heavy atom. The van der Waals surface area contributed by atoms with E-state index in [1.165, 1.54) is 11.8 Å². The summed E-state index contributed by atoms with van der Waals surface area (Å²) in [7, 11) is 0. The Balaban J connectivity index is 2.10. The normalized spacial score (nSPS) is 45.5. The maximum absolute atomic E-state index is 9.86. The van der Waals surface area contributed by atoms with Crippen molar-refractivity contribution in [2.24, 2.45) is 4.99 Å². The van der Waals surface area contributed by atoms with Crippen LogP contribution in [0.4, 0.5) is 0 Å². The van der Waals surface area contributed by atoms with Crippen molar-refractivity contribution in [1.29, 1.82) is 0 Å². The molecule has 2 aliphatic heterocycles. The number of hydrogen-bond donors (Lipinski definition) is 4. The van der Waals surface area contributed by atoms with Gasteiger partial charge in [-0.2, -0.15) is 0 Å². The molecule has 0 aromatic carbocycles. The molecule has 2 fully saturated rings. The third kappa shape index (κ3) is 2.05. The quantitative estimate of drug-likeness (QED) is 0.475. The predicted octanol–water partition coefficient (Wildman–Crippen LogP) is -1.49. The minimum Gasteiger partial charge on any atom is -0.394 e. The molecule has 2 saturated heterocycles. The van der Waals surface area contributed by atoms with Crippen LogP contribution in [0.3, 0.4) is 0 Å². The summed E-state index contributed by atoms with van der Waals surface area (Å²) in [5, 5.41) is 32.3. The van der Waals surface area contributed by atoms with Gasteiger partial charge in [0, 0.05) is 6.54 Å². The van der Waals surface area contributed by atoms with Gasteiger partial charge in [0.15, 0.2) is 5.17 Å². The van der Waals surface area contributed by atoms with Crippen LogP contribution in [0, 0.1) is 0 Å². The van der Waals surface area contributed by atoms with E-state index >= 15 is 0 Å². The zero-order valence-corrected chi connectivity index (χ0v) is 9.72. The van der Waals surface area contributed by atoms with Crippen LogP contribution in [0.15, 0.2) is 4.99 Å². The molecule has 92 valence electrons. The molecule has 7 heteroatoms. The highest BCUT2D eigenvalue weighted by molar-refractivity contribution is 8.14. The van der Waals surface area contributed by atoms with E-state index in [2.05, 4.69) is 10.3 Å². The van der Waals surface area contributed by atoms with Crippen LogP contribution in [0.2, 0.25) is 0 Å². The van der Waals surface area contributed by atoms with Crippen molar-refractivity contribution in [2.75, 3.05) is 13.2 Å². The summed E-state index contributed by atoms with van der Waals surface area (Å²) < 4.78 is 5.48. The molecular formula is C9H16N2O4S. The number of thioether (sulfide) groups is 1. The van der Waals surface area contributed by atoms with Crippen molar-refractivity contribution in [2.45, 2.75) is 36.7 Å². The highest BCUT2D eigenvalue weighted by Gasteiger charge is 2.48. The maximum Gasteiger partial charge on any atom is 0.159 e. The standard InChI is InChI=1S/C9H16N2O4S/c1-2-10-9-11-5-7(14)6(13)4(3-12)15-8(5)16-9/h4-8,12-14H,2-3H2,1H3,(H,10,11)/t4-,5-,6?,7?,8-/m1/s1. The molecular weight excluding hydrogens is 232 g/mol. The fourth-order valence-electron chi connectivity index (χ4n) is 1.85. The summed E-state index contributed by atoms with van der Waals surface area (Å²) in [5.74, 6) is 0.